The van der Waals surface area contributed by atoms with Crippen molar-refractivity contribution in [2.45, 2.75) is 13.5 Å². The van der Waals surface area contributed by atoms with Gasteiger partial charge in [-0.2, -0.15) is 0 Å². The maximum absolute atomic E-state index is 8.89. The van der Waals surface area contributed by atoms with Gasteiger partial charge >= 0.3 is 0 Å². The van der Waals surface area contributed by atoms with E-state index in [2.05, 4.69) is 37.4 Å². The van der Waals surface area contributed by atoms with Gasteiger partial charge in [0, 0.05) is 42.6 Å². The van der Waals surface area contributed by atoms with Gasteiger partial charge in [0.2, 0.25) is 0 Å². The van der Waals surface area contributed by atoms with Crippen LogP contribution in [0.2, 0.25) is 0 Å². The van der Waals surface area contributed by atoms with Crippen LogP contribution < -0.4 is 21.3 Å². The lowest BCUT2D eigenvalue weighted by atomic mass is 10.2. The number of fused-ring (bicyclic) bond motifs is 2. The molecule has 4 rings (SSSR count). The first kappa shape index (κ1) is 17.9. The van der Waals surface area contributed by atoms with Crippen LogP contribution >= 0.6 is 0 Å². The van der Waals surface area contributed by atoms with Crippen molar-refractivity contribution in [2.24, 2.45) is 0 Å². The topological polar surface area (TPSA) is 126 Å². The summed E-state index contributed by atoms with van der Waals surface area (Å²) < 4.78 is 2.05. The summed E-state index contributed by atoms with van der Waals surface area (Å²) >= 11 is 0. The number of nitrogens with zero attached hydrogens (tertiary/aromatic N) is 5. The number of aryl methyl sites for hydroxylation is 1. The standard InChI is InChI=1S/C18H21N9O/c1-12-7-21-16-3-2-13(10-26(12)16)11-27-18-17(24-25-27)22-9-15(23-18)14(6-19)8-20-4-5-28/h2-3,6-10,19-20,25,28H,4-5,11H2,1H3,(H,22,24)/b14-8+,19-6?. The second kappa shape index (κ2) is 7.62. The lowest BCUT2D eigenvalue weighted by Crippen LogP contribution is -2.35. The molecule has 0 radical (unpaired) electrons. The number of rotatable bonds is 7. The summed E-state index contributed by atoms with van der Waals surface area (Å²) in [6, 6.07) is 4.01. The molecule has 0 atom stereocenters. The fourth-order valence-electron chi connectivity index (χ4n) is 2.94. The molecule has 1 aliphatic heterocycles. The normalized spacial score (nSPS) is 13.5. The number of allylic oxidation sites excluding steroid dienone is 1. The Labute approximate surface area is 161 Å². The van der Waals surface area contributed by atoms with E-state index in [1.165, 1.54) is 6.21 Å². The lowest BCUT2D eigenvalue weighted by Gasteiger charge is -2.17. The van der Waals surface area contributed by atoms with E-state index in [-0.39, 0.29) is 6.61 Å². The number of imidazole rings is 1. The van der Waals surface area contributed by atoms with Gasteiger partial charge in [-0.1, -0.05) is 6.07 Å². The number of aliphatic hydroxyl groups is 1. The van der Waals surface area contributed by atoms with Crippen molar-refractivity contribution in [2.75, 3.05) is 23.6 Å². The average molecular weight is 379 g/mol. The molecule has 0 aliphatic carbocycles. The third kappa shape index (κ3) is 3.38. The van der Waals surface area contributed by atoms with Crippen molar-refractivity contribution < 1.29 is 5.11 Å². The zero-order chi connectivity index (χ0) is 19.5. The van der Waals surface area contributed by atoms with Gasteiger partial charge < -0.3 is 20.2 Å². The number of hydrogen-bond donors (Lipinski definition) is 5. The third-order valence-electron chi connectivity index (χ3n) is 4.38. The molecule has 5 N–H and O–H groups in total. The van der Waals surface area contributed by atoms with Gasteiger partial charge in [0.1, 0.15) is 5.65 Å². The first-order valence-electron chi connectivity index (χ1n) is 8.83. The van der Waals surface area contributed by atoms with E-state index in [1.807, 2.05) is 34.7 Å². The second-order valence-corrected chi connectivity index (χ2v) is 6.34. The third-order valence-corrected chi connectivity index (χ3v) is 4.38. The Hall–Kier alpha value is -3.50. The number of aromatic nitrogens is 4. The predicted octanol–water partition coefficient (Wildman–Crippen LogP) is 0.857. The first-order chi connectivity index (χ1) is 13.7. The maximum atomic E-state index is 8.89. The molecule has 3 aromatic rings. The van der Waals surface area contributed by atoms with Crippen LogP contribution in [0, 0.1) is 12.3 Å². The van der Waals surface area contributed by atoms with Crippen molar-refractivity contribution in [3.05, 3.63) is 53.9 Å². The van der Waals surface area contributed by atoms with Crippen molar-refractivity contribution in [3.63, 3.8) is 0 Å². The Kier molecular flexibility index (Phi) is 4.87. The van der Waals surface area contributed by atoms with Crippen LogP contribution in [-0.4, -0.2) is 43.8 Å². The summed E-state index contributed by atoms with van der Waals surface area (Å²) in [4.78, 5) is 13.4. The fraction of sp³-hybridized carbons (Fsp3) is 0.222. The predicted molar refractivity (Wildman–Crippen MR) is 107 cm³/mol. The summed E-state index contributed by atoms with van der Waals surface area (Å²) in [5.41, 5.74) is 10.3. The van der Waals surface area contributed by atoms with Crippen LogP contribution in [0.4, 0.5) is 11.6 Å². The van der Waals surface area contributed by atoms with Gasteiger partial charge in [0.05, 0.1) is 25.0 Å². The smallest absolute Gasteiger partial charge is 0.190 e. The molecular formula is C18H21N9O. The molecule has 0 amide bonds. The number of hydrogen-bond acceptors (Lipinski definition) is 9. The average Bonchev–Trinajstić information content (AvgIpc) is 3.29. The van der Waals surface area contributed by atoms with E-state index >= 15 is 0 Å². The molecule has 0 saturated carbocycles. The molecule has 144 valence electrons. The summed E-state index contributed by atoms with van der Waals surface area (Å²) in [6.45, 7) is 3.00. The van der Waals surface area contributed by atoms with E-state index in [0.29, 0.717) is 36.0 Å². The fourth-order valence-corrected chi connectivity index (χ4v) is 2.94. The summed E-state index contributed by atoms with van der Waals surface area (Å²) in [5, 5.41) is 21.3. The van der Waals surface area contributed by atoms with Gasteiger partial charge in [0.25, 0.3) is 0 Å². The summed E-state index contributed by atoms with van der Waals surface area (Å²) in [6.07, 6.45) is 8.36. The minimum atomic E-state index is 0.0139. The number of aliphatic hydroxyl groups excluding tert-OH is 1. The Morgan fingerprint density at radius 1 is 1.32 bits per heavy atom. The van der Waals surface area contributed by atoms with Crippen LogP contribution in [0.5, 0.6) is 0 Å². The molecule has 3 aromatic heterocycles. The van der Waals surface area contributed by atoms with Gasteiger partial charge in [0.15, 0.2) is 11.6 Å². The Morgan fingerprint density at radius 2 is 2.21 bits per heavy atom. The monoisotopic (exact) mass is 379 g/mol. The van der Waals surface area contributed by atoms with Gasteiger partial charge in [-0.3, -0.25) is 10.4 Å². The number of nitrogens with one attached hydrogen (secondary N) is 4. The van der Waals surface area contributed by atoms with Crippen LogP contribution in [0.25, 0.3) is 11.2 Å². The van der Waals surface area contributed by atoms with E-state index in [9.17, 15) is 0 Å². The molecule has 10 heteroatoms. The molecule has 0 unspecified atom stereocenters. The van der Waals surface area contributed by atoms with Crippen molar-refractivity contribution >= 4 is 29.1 Å². The SMILES string of the molecule is Cc1cnc2ccc(CN3NNc4ncc(/C(C=N)=C/NCCO)nc43)cn12. The Bertz CT molecular complexity index is 1040. The molecule has 1 aliphatic rings. The molecule has 10 nitrogen and oxygen atoms in total. The molecule has 0 saturated heterocycles. The van der Waals surface area contributed by atoms with Crippen LogP contribution in [-0.2, 0) is 6.54 Å². The van der Waals surface area contributed by atoms with Gasteiger partial charge in [-0.05, 0) is 18.6 Å². The summed E-state index contributed by atoms with van der Waals surface area (Å²) in [5.74, 6) is 1.27. The number of pyridine rings is 1. The highest BCUT2D eigenvalue weighted by molar-refractivity contribution is 6.07. The van der Waals surface area contributed by atoms with Gasteiger partial charge in [-0.15, -0.1) is 5.53 Å². The zero-order valence-electron chi connectivity index (χ0n) is 15.3. The van der Waals surface area contributed by atoms with Crippen LogP contribution in [0.15, 0.2) is 36.9 Å². The lowest BCUT2D eigenvalue weighted by molar-refractivity contribution is 0.298. The van der Waals surface area contributed by atoms with Crippen LogP contribution in [0.1, 0.15) is 17.0 Å². The van der Waals surface area contributed by atoms with E-state index in [1.54, 1.807) is 12.4 Å². The molecule has 4 heterocycles. The molecule has 0 bridgehead atoms. The van der Waals surface area contributed by atoms with Gasteiger partial charge in [-0.25, -0.2) is 15.0 Å². The molecule has 0 spiro atoms. The highest BCUT2D eigenvalue weighted by Crippen LogP contribution is 2.27. The van der Waals surface area contributed by atoms with Crippen molar-refractivity contribution in [3.8, 4) is 0 Å². The number of anilines is 2. The van der Waals surface area contributed by atoms with Crippen molar-refractivity contribution in [1.29, 1.82) is 5.41 Å². The molecule has 0 fully saturated rings. The highest BCUT2D eigenvalue weighted by atomic mass is 16.3. The maximum Gasteiger partial charge on any atom is 0.190 e. The minimum absolute atomic E-state index is 0.0139. The zero-order valence-corrected chi connectivity index (χ0v) is 15.3. The quantitative estimate of drug-likeness (QED) is 0.302. The second-order valence-electron chi connectivity index (χ2n) is 6.34. The minimum Gasteiger partial charge on any atom is -0.395 e. The first-order valence-corrected chi connectivity index (χ1v) is 8.83. The largest absolute Gasteiger partial charge is 0.395 e. The van der Waals surface area contributed by atoms with E-state index in [0.717, 1.165) is 16.9 Å². The summed E-state index contributed by atoms with van der Waals surface area (Å²) in [7, 11) is 0. The van der Waals surface area contributed by atoms with E-state index < -0.39 is 0 Å². The number of hydrazine groups is 2. The Morgan fingerprint density at radius 3 is 3.04 bits per heavy atom. The van der Waals surface area contributed by atoms with Crippen molar-refractivity contribution in [1.82, 2.24) is 30.2 Å². The molecule has 0 aromatic carbocycles. The van der Waals surface area contributed by atoms with E-state index in [4.69, 9.17) is 10.5 Å². The molecule has 28 heavy (non-hydrogen) atoms. The van der Waals surface area contributed by atoms with Crippen LogP contribution in [0.3, 0.4) is 0 Å². The molecular weight excluding hydrogens is 358 g/mol. The Balaban J connectivity index is 1.59. The highest BCUT2D eigenvalue weighted by Gasteiger charge is 2.23.